The van der Waals surface area contributed by atoms with Crippen LogP contribution in [0.15, 0.2) is 54.7 Å². The van der Waals surface area contributed by atoms with E-state index in [1.54, 1.807) is 24.4 Å². The van der Waals surface area contributed by atoms with Crippen molar-refractivity contribution in [3.63, 3.8) is 0 Å². The van der Waals surface area contributed by atoms with Crippen LogP contribution in [0.4, 0.5) is 5.82 Å². The Hall–Kier alpha value is -4.07. The number of nitrogens with one attached hydrogen (secondary N) is 2. The Morgan fingerprint density at radius 1 is 1.10 bits per heavy atom. The van der Waals surface area contributed by atoms with Gasteiger partial charge in [-0.2, -0.15) is 0 Å². The molecule has 2 N–H and O–H groups in total. The minimum atomic E-state index is -0.685. The maximum atomic E-state index is 12.9. The molecule has 0 saturated carbocycles. The van der Waals surface area contributed by atoms with Crippen molar-refractivity contribution in [2.24, 2.45) is 0 Å². The lowest BCUT2D eigenvalue weighted by Crippen LogP contribution is -2.52. The molecule has 3 heterocycles. The van der Waals surface area contributed by atoms with Gasteiger partial charge in [-0.05, 0) is 41.6 Å². The van der Waals surface area contributed by atoms with Gasteiger partial charge in [0, 0.05) is 35.7 Å². The molecule has 1 aromatic heterocycles. The summed E-state index contributed by atoms with van der Waals surface area (Å²) >= 11 is 0. The second kappa shape index (κ2) is 7.32. The van der Waals surface area contributed by atoms with E-state index in [1.807, 2.05) is 30.3 Å². The summed E-state index contributed by atoms with van der Waals surface area (Å²) in [6.45, 7) is 0.216. The molecule has 1 unspecified atom stereocenters. The van der Waals surface area contributed by atoms with Crippen LogP contribution >= 0.6 is 0 Å². The van der Waals surface area contributed by atoms with Crippen molar-refractivity contribution in [3.05, 3.63) is 71.4 Å². The van der Waals surface area contributed by atoms with E-state index in [1.165, 1.54) is 4.90 Å². The van der Waals surface area contributed by atoms with Crippen LogP contribution in [0, 0.1) is 0 Å². The first-order valence-corrected chi connectivity index (χ1v) is 9.94. The van der Waals surface area contributed by atoms with Gasteiger partial charge in [0.05, 0.1) is 0 Å². The number of amides is 4. The maximum Gasteiger partial charge on any atom is 0.256 e. The van der Waals surface area contributed by atoms with Gasteiger partial charge >= 0.3 is 0 Å². The lowest BCUT2D eigenvalue weighted by atomic mass is 10.0. The highest BCUT2D eigenvalue weighted by atomic mass is 16.2. The fourth-order valence-electron chi connectivity index (χ4n) is 4.11. The quantitative estimate of drug-likeness (QED) is 0.639. The van der Waals surface area contributed by atoms with Crippen LogP contribution in [0.1, 0.15) is 39.1 Å². The zero-order chi connectivity index (χ0) is 21.5. The third-order valence-electron chi connectivity index (χ3n) is 5.69. The number of rotatable bonds is 3. The van der Waals surface area contributed by atoms with Crippen LogP contribution in [-0.4, -0.2) is 39.6 Å². The van der Waals surface area contributed by atoms with Crippen LogP contribution in [0.3, 0.4) is 0 Å². The van der Waals surface area contributed by atoms with E-state index >= 15 is 0 Å². The first-order valence-electron chi connectivity index (χ1n) is 9.94. The minimum Gasteiger partial charge on any atom is -0.322 e. The van der Waals surface area contributed by atoms with E-state index in [4.69, 9.17) is 0 Å². The molecule has 3 aromatic rings. The van der Waals surface area contributed by atoms with Gasteiger partial charge in [0.25, 0.3) is 11.8 Å². The van der Waals surface area contributed by atoms with E-state index < -0.39 is 11.9 Å². The summed E-state index contributed by atoms with van der Waals surface area (Å²) in [6, 6.07) is 13.7. The van der Waals surface area contributed by atoms with E-state index in [2.05, 4.69) is 15.6 Å². The monoisotopic (exact) mass is 414 g/mol. The van der Waals surface area contributed by atoms with Crippen molar-refractivity contribution in [1.29, 1.82) is 0 Å². The number of hydrogen-bond donors (Lipinski definition) is 2. The minimum absolute atomic E-state index is 0.197. The molecule has 2 aliphatic rings. The summed E-state index contributed by atoms with van der Waals surface area (Å²) in [5, 5.41) is 6.92. The lowest BCUT2D eigenvalue weighted by molar-refractivity contribution is -0.136. The van der Waals surface area contributed by atoms with Crippen molar-refractivity contribution < 1.29 is 19.2 Å². The van der Waals surface area contributed by atoms with Gasteiger partial charge in [-0.25, -0.2) is 4.98 Å². The first kappa shape index (κ1) is 18.9. The molecular formula is C23H18N4O4. The summed E-state index contributed by atoms with van der Waals surface area (Å²) in [5.41, 5.74) is 1.53. The Kier molecular flexibility index (Phi) is 4.47. The molecule has 2 aromatic carbocycles. The van der Waals surface area contributed by atoms with Crippen LogP contribution in [0.2, 0.25) is 0 Å². The zero-order valence-corrected chi connectivity index (χ0v) is 16.4. The number of anilines is 1. The summed E-state index contributed by atoms with van der Waals surface area (Å²) < 4.78 is 0. The lowest BCUT2D eigenvalue weighted by Gasteiger charge is -2.29. The van der Waals surface area contributed by atoms with E-state index in [9.17, 15) is 19.2 Å². The number of nitrogens with zero attached hydrogens (tertiary/aromatic N) is 2. The number of pyridine rings is 1. The molecule has 5 rings (SSSR count). The first-order chi connectivity index (χ1) is 15.0. The summed E-state index contributed by atoms with van der Waals surface area (Å²) in [6.07, 6.45) is 2.13. The fraction of sp³-hybridized carbons (Fsp3) is 0.174. The predicted octanol–water partition coefficient (Wildman–Crippen LogP) is 2.25. The third kappa shape index (κ3) is 3.31. The topological polar surface area (TPSA) is 108 Å². The molecule has 8 heteroatoms. The summed E-state index contributed by atoms with van der Waals surface area (Å²) in [4.78, 5) is 55.0. The highest BCUT2D eigenvalue weighted by molar-refractivity contribution is 6.10. The maximum absolute atomic E-state index is 12.9. The number of carbonyl (C=O) groups excluding carboxylic acids is 4. The second-order valence-corrected chi connectivity index (χ2v) is 7.61. The Morgan fingerprint density at radius 3 is 2.77 bits per heavy atom. The normalized spacial score (nSPS) is 18.1. The van der Waals surface area contributed by atoms with E-state index in [-0.39, 0.29) is 30.7 Å². The highest BCUT2D eigenvalue weighted by Gasteiger charge is 2.39. The molecule has 4 amide bonds. The SMILES string of the molecule is O=C1CCC(N2Cc3cc(C(=O)Nc4nccc5ccccc45)ccc3C2=O)C(=O)N1. The molecule has 0 radical (unpaired) electrons. The molecule has 154 valence electrons. The molecule has 1 fully saturated rings. The molecule has 2 aliphatic heterocycles. The zero-order valence-electron chi connectivity index (χ0n) is 16.4. The van der Waals surface area contributed by atoms with Gasteiger partial charge < -0.3 is 10.2 Å². The third-order valence-corrected chi connectivity index (χ3v) is 5.69. The standard InChI is InChI=1S/C23H18N4O4/c28-19-8-7-18(22(30)25-19)27-12-15-11-14(5-6-17(15)23(27)31)21(29)26-20-16-4-2-1-3-13(16)9-10-24-20/h1-6,9-11,18H,7-8,12H2,(H,24,26,29)(H,25,28,30). The van der Waals surface area contributed by atoms with E-state index in [0.29, 0.717) is 28.9 Å². The molecular weight excluding hydrogens is 396 g/mol. The Balaban J connectivity index is 1.38. The Morgan fingerprint density at radius 2 is 1.94 bits per heavy atom. The smallest absolute Gasteiger partial charge is 0.256 e. The average molecular weight is 414 g/mol. The van der Waals surface area contributed by atoms with Crippen LogP contribution in [0.5, 0.6) is 0 Å². The van der Waals surface area contributed by atoms with Gasteiger partial charge in [-0.3, -0.25) is 24.5 Å². The predicted molar refractivity (Wildman–Crippen MR) is 112 cm³/mol. The average Bonchev–Trinajstić information content (AvgIpc) is 3.09. The van der Waals surface area contributed by atoms with Crippen molar-refractivity contribution in [2.75, 3.05) is 5.32 Å². The number of carbonyl (C=O) groups is 4. The van der Waals surface area contributed by atoms with Gasteiger partial charge in [-0.15, -0.1) is 0 Å². The number of fused-ring (bicyclic) bond motifs is 2. The molecule has 31 heavy (non-hydrogen) atoms. The van der Waals surface area contributed by atoms with Gasteiger partial charge in [0.15, 0.2) is 0 Å². The van der Waals surface area contributed by atoms with Gasteiger partial charge in [-0.1, -0.05) is 24.3 Å². The van der Waals surface area contributed by atoms with Gasteiger partial charge in [0.1, 0.15) is 11.9 Å². The van der Waals surface area contributed by atoms with Crippen LogP contribution in [0.25, 0.3) is 10.8 Å². The molecule has 8 nitrogen and oxygen atoms in total. The van der Waals surface area contributed by atoms with Crippen molar-refractivity contribution in [2.45, 2.75) is 25.4 Å². The number of aromatic nitrogens is 1. The molecule has 1 atom stereocenters. The van der Waals surface area contributed by atoms with Gasteiger partial charge in [0.2, 0.25) is 11.8 Å². The summed E-state index contributed by atoms with van der Waals surface area (Å²) in [7, 11) is 0. The summed E-state index contributed by atoms with van der Waals surface area (Å²) in [5.74, 6) is -0.931. The molecule has 1 saturated heterocycles. The van der Waals surface area contributed by atoms with E-state index in [0.717, 1.165) is 10.8 Å². The van der Waals surface area contributed by atoms with Crippen LogP contribution in [-0.2, 0) is 16.1 Å². The number of benzene rings is 2. The molecule has 0 aliphatic carbocycles. The second-order valence-electron chi connectivity index (χ2n) is 7.61. The Labute approximate surface area is 177 Å². The molecule has 0 spiro atoms. The van der Waals surface area contributed by atoms with Crippen molar-refractivity contribution >= 4 is 40.2 Å². The Bertz CT molecular complexity index is 1260. The highest BCUT2D eigenvalue weighted by Crippen LogP contribution is 2.29. The van der Waals surface area contributed by atoms with Crippen LogP contribution < -0.4 is 10.6 Å². The molecule has 0 bridgehead atoms. The largest absolute Gasteiger partial charge is 0.322 e. The van der Waals surface area contributed by atoms with Crippen molar-refractivity contribution in [3.8, 4) is 0 Å². The fourth-order valence-corrected chi connectivity index (χ4v) is 4.11. The number of piperidine rings is 1. The number of hydrogen-bond acceptors (Lipinski definition) is 5. The number of imide groups is 1. The van der Waals surface area contributed by atoms with Crippen molar-refractivity contribution in [1.82, 2.24) is 15.2 Å².